The van der Waals surface area contributed by atoms with Gasteiger partial charge in [0.2, 0.25) is 5.91 Å². The lowest BCUT2D eigenvalue weighted by molar-refractivity contribution is -0.123. The van der Waals surface area contributed by atoms with E-state index in [0.29, 0.717) is 25.4 Å². The molecular formula is C11H24N2O3. The summed E-state index contributed by atoms with van der Waals surface area (Å²) < 4.78 is 4.95. The first-order valence-electron chi connectivity index (χ1n) is 5.67. The molecule has 0 saturated heterocycles. The van der Waals surface area contributed by atoms with Gasteiger partial charge in [0.15, 0.2) is 0 Å². The highest BCUT2D eigenvalue weighted by molar-refractivity contribution is 5.81. The van der Waals surface area contributed by atoms with E-state index in [2.05, 4.69) is 5.32 Å². The van der Waals surface area contributed by atoms with E-state index in [9.17, 15) is 4.79 Å². The van der Waals surface area contributed by atoms with Crippen LogP contribution in [0.1, 0.15) is 26.7 Å². The fourth-order valence-electron chi connectivity index (χ4n) is 1.48. The van der Waals surface area contributed by atoms with E-state index in [1.807, 2.05) is 13.8 Å². The van der Waals surface area contributed by atoms with Crippen LogP contribution in [0.3, 0.4) is 0 Å². The predicted octanol–water partition coefficient (Wildman–Crippen LogP) is -0.127. The SMILES string of the molecule is COCC(CCO)NC(=O)C(N)CC(C)C. The summed E-state index contributed by atoms with van der Waals surface area (Å²) in [5.74, 6) is 0.212. The van der Waals surface area contributed by atoms with Crippen LogP contribution in [0.2, 0.25) is 0 Å². The van der Waals surface area contributed by atoms with Crippen molar-refractivity contribution in [1.82, 2.24) is 5.32 Å². The van der Waals surface area contributed by atoms with Crippen LogP contribution in [0, 0.1) is 5.92 Å². The summed E-state index contributed by atoms with van der Waals surface area (Å²) in [7, 11) is 1.56. The Morgan fingerprint density at radius 2 is 2.12 bits per heavy atom. The lowest BCUT2D eigenvalue weighted by atomic mass is 10.0. The molecule has 0 bridgehead atoms. The highest BCUT2D eigenvalue weighted by atomic mass is 16.5. The van der Waals surface area contributed by atoms with Gasteiger partial charge in [0.1, 0.15) is 0 Å². The summed E-state index contributed by atoms with van der Waals surface area (Å²) in [5.41, 5.74) is 5.74. The van der Waals surface area contributed by atoms with Crippen molar-refractivity contribution < 1.29 is 14.6 Å². The predicted molar refractivity (Wildman–Crippen MR) is 62.9 cm³/mol. The number of carbonyl (C=O) groups excluding carboxylic acids is 1. The third-order valence-corrected chi connectivity index (χ3v) is 2.25. The average molecular weight is 232 g/mol. The molecule has 1 amide bonds. The number of nitrogens with one attached hydrogen (secondary N) is 1. The molecule has 0 fully saturated rings. The molecule has 0 aromatic rings. The second-order valence-corrected chi connectivity index (χ2v) is 4.41. The van der Waals surface area contributed by atoms with E-state index < -0.39 is 6.04 Å². The summed E-state index contributed by atoms with van der Waals surface area (Å²) in [6.07, 6.45) is 1.14. The molecule has 0 aliphatic rings. The number of methoxy groups -OCH3 is 1. The van der Waals surface area contributed by atoms with Crippen molar-refractivity contribution in [2.45, 2.75) is 38.8 Å². The molecule has 0 saturated carbocycles. The number of hydrogen-bond donors (Lipinski definition) is 3. The first kappa shape index (κ1) is 15.3. The highest BCUT2D eigenvalue weighted by Gasteiger charge is 2.18. The summed E-state index contributed by atoms with van der Waals surface area (Å²) >= 11 is 0. The minimum absolute atomic E-state index is 0.0216. The third kappa shape index (κ3) is 6.76. The number of ether oxygens (including phenoxy) is 1. The molecule has 4 N–H and O–H groups in total. The van der Waals surface area contributed by atoms with E-state index in [1.165, 1.54) is 0 Å². The van der Waals surface area contributed by atoms with Crippen molar-refractivity contribution in [2.75, 3.05) is 20.3 Å². The molecule has 0 rings (SSSR count). The molecule has 0 aliphatic heterocycles. The van der Waals surface area contributed by atoms with Gasteiger partial charge in [0.05, 0.1) is 18.7 Å². The number of amides is 1. The quantitative estimate of drug-likeness (QED) is 0.544. The second kappa shape index (κ2) is 8.50. The van der Waals surface area contributed by atoms with Gasteiger partial charge in [-0.3, -0.25) is 4.79 Å². The van der Waals surface area contributed by atoms with Crippen molar-refractivity contribution in [3.8, 4) is 0 Å². The molecule has 0 heterocycles. The molecule has 0 radical (unpaired) electrons. The molecule has 0 aliphatic carbocycles. The van der Waals surface area contributed by atoms with Gasteiger partial charge in [-0.05, 0) is 18.8 Å². The fourth-order valence-corrected chi connectivity index (χ4v) is 1.48. The Balaban J connectivity index is 4.06. The van der Waals surface area contributed by atoms with Gasteiger partial charge in [-0.1, -0.05) is 13.8 Å². The van der Waals surface area contributed by atoms with Crippen LogP contribution in [0.15, 0.2) is 0 Å². The molecule has 5 nitrogen and oxygen atoms in total. The minimum Gasteiger partial charge on any atom is -0.396 e. The summed E-state index contributed by atoms with van der Waals surface area (Å²) in [4.78, 5) is 11.7. The molecule has 2 atom stereocenters. The Hall–Kier alpha value is -0.650. The van der Waals surface area contributed by atoms with Crippen LogP contribution in [-0.4, -0.2) is 43.4 Å². The monoisotopic (exact) mass is 232 g/mol. The highest BCUT2D eigenvalue weighted by Crippen LogP contribution is 2.03. The van der Waals surface area contributed by atoms with Crippen molar-refractivity contribution in [3.63, 3.8) is 0 Å². The van der Waals surface area contributed by atoms with E-state index in [-0.39, 0.29) is 18.6 Å². The van der Waals surface area contributed by atoms with E-state index in [1.54, 1.807) is 7.11 Å². The summed E-state index contributed by atoms with van der Waals surface area (Å²) in [6.45, 7) is 4.45. The smallest absolute Gasteiger partial charge is 0.237 e. The maximum absolute atomic E-state index is 11.7. The Morgan fingerprint density at radius 3 is 2.56 bits per heavy atom. The van der Waals surface area contributed by atoms with Gasteiger partial charge in [-0.15, -0.1) is 0 Å². The molecule has 16 heavy (non-hydrogen) atoms. The van der Waals surface area contributed by atoms with E-state index >= 15 is 0 Å². The average Bonchev–Trinajstić information content (AvgIpc) is 2.17. The molecule has 0 aromatic heterocycles. The van der Waals surface area contributed by atoms with E-state index in [4.69, 9.17) is 15.6 Å². The molecule has 96 valence electrons. The number of hydrogen-bond acceptors (Lipinski definition) is 4. The third-order valence-electron chi connectivity index (χ3n) is 2.25. The Kier molecular flexibility index (Phi) is 8.15. The second-order valence-electron chi connectivity index (χ2n) is 4.41. The number of aliphatic hydroxyl groups excluding tert-OH is 1. The summed E-state index contributed by atoms with van der Waals surface area (Å²) in [6, 6.07) is -0.654. The van der Waals surface area contributed by atoms with Crippen molar-refractivity contribution >= 4 is 5.91 Å². The molecule has 5 heteroatoms. The van der Waals surface area contributed by atoms with Crippen LogP contribution >= 0.6 is 0 Å². The number of aliphatic hydroxyl groups is 1. The standard InChI is InChI=1S/C11H24N2O3/c1-8(2)6-10(12)11(15)13-9(4-5-14)7-16-3/h8-10,14H,4-7,12H2,1-3H3,(H,13,15). The largest absolute Gasteiger partial charge is 0.396 e. The maximum Gasteiger partial charge on any atom is 0.237 e. The zero-order valence-corrected chi connectivity index (χ0v) is 10.4. The zero-order valence-electron chi connectivity index (χ0n) is 10.4. The fraction of sp³-hybridized carbons (Fsp3) is 0.909. The van der Waals surface area contributed by atoms with Crippen LogP contribution in [-0.2, 0) is 9.53 Å². The van der Waals surface area contributed by atoms with Crippen molar-refractivity contribution in [3.05, 3.63) is 0 Å². The zero-order chi connectivity index (χ0) is 12.6. The Morgan fingerprint density at radius 1 is 1.50 bits per heavy atom. The van der Waals surface area contributed by atoms with E-state index in [0.717, 1.165) is 0 Å². The topological polar surface area (TPSA) is 84.6 Å². The van der Waals surface area contributed by atoms with Crippen LogP contribution < -0.4 is 11.1 Å². The van der Waals surface area contributed by atoms with Gasteiger partial charge >= 0.3 is 0 Å². The van der Waals surface area contributed by atoms with Crippen molar-refractivity contribution in [2.24, 2.45) is 11.7 Å². The number of nitrogens with two attached hydrogens (primary N) is 1. The molecular weight excluding hydrogens is 208 g/mol. The van der Waals surface area contributed by atoms with Crippen LogP contribution in [0.4, 0.5) is 0 Å². The van der Waals surface area contributed by atoms with Crippen LogP contribution in [0.25, 0.3) is 0 Å². The van der Waals surface area contributed by atoms with Gasteiger partial charge in [-0.2, -0.15) is 0 Å². The first-order valence-corrected chi connectivity index (χ1v) is 5.67. The molecule has 2 unspecified atom stereocenters. The van der Waals surface area contributed by atoms with Gasteiger partial charge in [-0.25, -0.2) is 0 Å². The van der Waals surface area contributed by atoms with Crippen LogP contribution in [0.5, 0.6) is 0 Å². The Labute approximate surface area is 97.3 Å². The maximum atomic E-state index is 11.7. The lowest BCUT2D eigenvalue weighted by Crippen LogP contribution is -2.47. The van der Waals surface area contributed by atoms with Gasteiger partial charge in [0, 0.05) is 13.7 Å². The number of carbonyl (C=O) groups is 1. The first-order chi connectivity index (χ1) is 7.51. The van der Waals surface area contributed by atoms with Crippen molar-refractivity contribution in [1.29, 1.82) is 0 Å². The number of rotatable bonds is 8. The van der Waals surface area contributed by atoms with Gasteiger partial charge in [0.25, 0.3) is 0 Å². The lowest BCUT2D eigenvalue weighted by Gasteiger charge is -2.20. The Bertz CT molecular complexity index is 192. The molecule has 0 spiro atoms. The normalized spacial score (nSPS) is 14.9. The minimum atomic E-state index is -0.488. The van der Waals surface area contributed by atoms with Gasteiger partial charge < -0.3 is 20.9 Å². The molecule has 0 aromatic carbocycles. The summed E-state index contributed by atoms with van der Waals surface area (Å²) in [5, 5.41) is 11.6.